The van der Waals surface area contributed by atoms with Gasteiger partial charge in [-0.25, -0.2) is 0 Å². The van der Waals surface area contributed by atoms with Gasteiger partial charge in [0.25, 0.3) is 0 Å². The first-order chi connectivity index (χ1) is 10.6. The van der Waals surface area contributed by atoms with Crippen molar-refractivity contribution in [1.29, 1.82) is 5.41 Å². The molecule has 2 aromatic rings. The van der Waals surface area contributed by atoms with Gasteiger partial charge in [-0.1, -0.05) is 42.8 Å². The monoisotopic (exact) mass is 312 g/mol. The van der Waals surface area contributed by atoms with Crippen LogP contribution in [0.4, 0.5) is 0 Å². The average molecular weight is 313 g/mol. The maximum absolute atomic E-state index is 12.8. The Bertz CT molecular complexity index is 724. The van der Waals surface area contributed by atoms with E-state index in [1.54, 1.807) is 24.3 Å². The molecule has 0 bridgehead atoms. The van der Waals surface area contributed by atoms with Gasteiger partial charge in [-0.3, -0.25) is 10.2 Å². The summed E-state index contributed by atoms with van der Waals surface area (Å²) in [5, 5.41) is 8.98. The second-order valence-corrected chi connectivity index (χ2v) is 5.87. The number of halogens is 1. The van der Waals surface area contributed by atoms with E-state index in [0.29, 0.717) is 29.4 Å². The summed E-state index contributed by atoms with van der Waals surface area (Å²) in [4.78, 5) is 14.7. The van der Waals surface area contributed by atoms with Crippen LogP contribution < -0.4 is 0 Å². The third-order valence-electron chi connectivity index (χ3n) is 4.09. The minimum Gasteiger partial charge on any atom is -0.342 e. The number of hydrogen-bond donors (Lipinski definition) is 1. The molecule has 0 saturated heterocycles. The van der Waals surface area contributed by atoms with Gasteiger partial charge in [-0.2, -0.15) is 0 Å². The van der Waals surface area contributed by atoms with E-state index in [4.69, 9.17) is 17.0 Å². The quantitative estimate of drug-likeness (QED) is 0.862. The molecule has 0 saturated carbocycles. The molecular formula is C18H17ClN2O. The summed E-state index contributed by atoms with van der Waals surface area (Å²) < 4.78 is 0. The highest BCUT2D eigenvalue weighted by atomic mass is 35.5. The predicted octanol–water partition coefficient (Wildman–Crippen LogP) is 4.14. The fourth-order valence-corrected chi connectivity index (χ4v) is 3.05. The van der Waals surface area contributed by atoms with Gasteiger partial charge in [-0.05, 0) is 36.2 Å². The van der Waals surface area contributed by atoms with Crippen molar-refractivity contribution in [1.82, 2.24) is 4.90 Å². The SMILES string of the molecule is CC[C@H](C(=O)c1ccc(Cl)cc1)N1Cc2ccccc2C1=N. The Morgan fingerprint density at radius 2 is 1.91 bits per heavy atom. The maximum Gasteiger partial charge on any atom is 0.185 e. The van der Waals surface area contributed by atoms with Crippen LogP contribution >= 0.6 is 11.6 Å². The lowest BCUT2D eigenvalue weighted by Crippen LogP contribution is -2.41. The molecular weight excluding hydrogens is 296 g/mol. The van der Waals surface area contributed by atoms with Crippen molar-refractivity contribution in [3.63, 3.8) is 0 Å². The van der Waals surface area contributed by atoms with Crippen LogP contribution in [0, 0.1) is 5.41 Å². The standard InChI is InChI=1S/C18H17ClN2O/c1-2-16(17(22)12-7-9-14(19)10-8-12)21-11-13-5-3-4-6-15(13)18(21)20/h3-10,16,20H,2,11H2,1H3/t16-/m1/s1. The van der Waals surface area contributed by atoms with Crippen molar-refractivity contribution in [3.8, 4) is 0 Å². The van der Waals surface area contributed by atoms with Gasteiger partial charge in [0.15, 0.2) is 5.78 Å². The number of ketones is 1. The number of nitrogens with one attached hydrogen (secondary N) is 1. The van der Waals surface area contributed by atoms with Crippen molar-refractivity contribution >= 4 is 23.2 Å². The highest BCUT2D eigenvalue weighted by Gasteiger charge is 2.33. The predicted molar refractivity (Wildman–Crippen MR) is 88.7 cm³/mol. The molecule has 1 heterocycles. The highest BCUT2D eigenvalue weighted by Crippen LogP contribution is 2.27. The van der Waals surface area contributed by atoms with E-state index in [2.05, 4.69) is 0 Å². The largest absolute Gasteiger partial charge is 0.342 e. The second-order valence-electron chi connectivity index (χ2n) is 5.43. The third kappa shape index (κ3) is 2.53. The molecule has 4 heteroatoms. The van der Waals surface area contributed by atoms with Crippen LogP contribution in [-0.4, -0.2) is 22.6 Å². The number of carbonyl (C=O) groups is 1. The zero-order chi connectivity index (χ0) is 15.7. The van der Waals surface area contributed by atoms with Crippen LogP contribution in [-0.2, 0) is 6.54 Å². The first kappa shape index (κ1) is 14.8. The Balaban J connectivity index is 1.88. The number of rotatable bonds is 4. The smallest absolute Gasteiger partial charge is 0.185 e. The lowest BCUT2D eigenvalue weighted by atomic mass is 10.0. The Morgan fingerprint density at radius 3 is 2.55 bits per heavy atom. The topological polar surface area (TPSA) is 44.2 Å². The molecule has 0 radical (unpaired) electrons. The maximum atomic E-state index is 12.8. The zero-order valence-electron chi connectivity index (χ0n) is 12.3. The first-order valence-corrected chi connectivity index (χ1v) is 7.73. The van der Waals surface area contributed by atoms with Crippen molar-refractivity contribution in [2.24, 2.45) is 0 Å². The molecule has 0 spiro atoms. The molecule has 1 aliphatic rings. The molecule has 2 aromatic carbocycles. The van der Waals surface area contributed by atoms with Crippen molar-refractivity contribution < 1.29 is 4.79 Å². The van der Waals surface area contributed by atoms with E-state index >= 15 is 0 Å². The number of fused-ring (bicyclic) bond motifs is 1. The van der Waals surface area contributed by atoms with Crippen LogP contribution in [0.15, 0.2) is 48.5 Å². The van der Waals surface area contributed by atoms with Gasteiger partial charge >= 0.3 is 0 Å². The summed E-state index contributed by atoms with van der Waals surface area (Å²) in [7, 11) is 0. The van der Waals surface area contributed by atoms with Crippen LogP contribution in [0.1, 0.15) is 34.8 Å². The number of benzene rings is 2. The molecule has 112 valence electrons. The lowest BCUT2D eigenvalue weighted by Gasteiger charge is -2.27. The van der Waals surface area contributed by atoms with Crippen LogP contribution in [0.2, 0.25) is 5.02 Å². The molecule has 0 unspecified atom stereocenters. The summed E-state index contributed by atoms with van der Waals surface area (Å²) in [6.45, 7) is 2.60. The molecule has 1 N–H and O–H groups in total. The van der Waals surface area contributed by atoms with E-state index in [0.717, 1.165) is 11.1 Å². The third-order valence-corrected chi connectivity index (χ3v) is 4.35. The normalized spacial score (nSPS) is 14.8. The number of hydrogen-bond acceptors (Lipinski definition) is 2. The Morgan fingerprint density at radius 1 is 1.23 bits per heavy atom. The van der Waals surface area contributed by atoms with E-state index in [1.165, 1.54) is 0 Å². The molecule has 0 aliphatic carbocycles. The van der Waals surface area contributed by atoms with E-state index < -0.39 is 0 Å². The number of amidine groups is 1. The van der Waals surface area contributed by atoms with E-state index in [9.17, 15) is 4.79 Å². The van der Waals surface area contributed by atoms with Crippen LogP contribution in [0.3, 0.4) is 0 Å². The zero-order valence-corrected chi connectivity index (χ0v) is 13.1. The van der Waals surface area contributed by atoms with Gasteiger partial charge in [-0.15, -0.1) is 0 Å². The molecule has 0 aromatic heterocycles. The number of Topliss-reactive ketones (excluding diaryl/α,β-unsaturated/α-hetero) is 1. The summed E-state index contributed by atoms with van der Waals surface area (Å²) >= 11 is 5.89. The Kier molecular flexibility index (Phi) is 3.99. The molecule has 1 aliphatic heterocycles. The number of nitrogens with zero attached hydrogens (tertiary/aromatic N) is 1. The highest BCUT2D eigenvalue weighted by molar-refractivity contribution is 6.30. The molecule has 0 fully saturated rings. The van der Waals surface area contributed by atoms with Crippen LogP contribution in [0.25, 0.3) is 0 Å². The summed E-state index contributed by atoms with van der Waals surface area (Å²) in [5.41, 5.74) is 2.67. The number of carbonyl (C=O) groups excluding carboxylic acids is 1. The van der Waals surface area contributed by atoms with E-state index in [-0.39, 0.29) is 11.8 Å². The summed E-state index contributed by atoms with van der Waals surface area (Å²) in [5.74, 6) is 0.474. The fourth-order valence-electron chi connectivity index (χ4n) is 2.93. The molecule has 3 rings (SSSR count). The molecule has 0 amide bonds. The minimum absolute atomic E-state index is 0.0386. The summed E-state index contributed by atoms with van der Waals surface area (Å²) in [6.07, 6.45) is 0.665. The van der Waals surface area contributed by atoms with Gasteiger partial charge in [0.05, 0.1) is 6.04 Å². The van der Waals surface area contributed by atoms with Crippen molar-refractivity contribution in [3.05, 3.63) is 70.2 Å². The molecule has 3 nitrogen and oxygen atoms in total. The van der Waals surface area contributed by atoms with Gasteiger partial charge in [0.1, 0.15) is 5.84 Å². The van der Waals surface area contributed by atoms with Gasteiger partial charge in [0.2, 0.25) is 0 Å². The second kappa shape index (κ2) is 5.93. The van der Waals surface area contributed by atoms with Crippen molar-refractivity contribution in [2.75, 3.05) is 0 Å². The van der Waals surface area contributed by atoms with Gasteiger partial charge in [0, 0.05) is 22.7 Å². The van der Waals surface area contributed by atoms with Gasteiger partial charge < -0.3 is 4.90 Å². The average Bonchev–Trinajstić information content (AvgIpc) is 2.86. The van der Waals surface area contributed by atoms with Crippen molar-refractivity contribution in [2.45, 2.75) is 25.9 Å². The fraction of sp³-hybridized carbons (Fsp3) is 0.222. The molecule has 22 heavy (non-hydrogen) atoms. The van der Waals surface area contributed by atoms with E-state index in [1.807, 2.05) is 36.1 Å². The van der Waals surface area contributed by atoms with Crippen LogP contribution in [0.5, 0.6) is 0 Å². The molecule has 1 atom stereocenters. The first-order valence-electron chi connectivity index (χ1n) is 7.35. The Hall–Kier alpha value is -2.13. The minimum atomic E-state index is -0.318. The summed E-state index contributed by atoms with van der Waals surface area (Å²) in [6, 6.07) is 14.5. The lowest BCUT2D eigenvalue weighted by molar-refractivity contribution is 0.0882. The Labute approximate surface area is 135 Å².